The molecule has 0 radical (unpaired) electrons. The van der Waals surface area contributed by atoms with Gasteiger partial charge >= 0.3 is 0 Å². The van der Waals surface area contributed by atoms with Gasteiger partial charge in [0.25, 0.3) is 5.91 Å². The Morgan fingerprint density at radius 1 is 1.03 bits per heavy atom. The summed E-state index contributed by atoms with van der Waals surface area (Å²) in [4.78, 5) is 25.8. The maximum atomic E-state index is 12.2. The van der Waals surface area contributed by atoms with Crippen molar-refractivity contribution >= 4 is 23.6 Å². The van der Waals surface area contributed by atoms with Gasteiger partial charge in [-0.2, -0.15) is 0 Å². The van der Waals surface area contributed by atoms with Gasteiger partial charge in [0.15, 0.2) is 11.5 Å². The molecule has 0 aromatic heterocycles. The largest absolute Gasteiger partial charge is 0.454 e. The maximum absolute atomic E-state index is 12.2. The van der Waals surface area contributed by atoms with Crippen LogP contribution in [-0.2, 0) is 4.79 Å². The monoisotopic (exact) mass is 410 g/mol. The van der Waals surface area contributed by atoms with Gasteiger partial charge in [0.1, 0.15) is 0 Å². The van der Waals surface area contributed by atoms with E-state index in [1.54, 1.807) is 30.3 Å². The van der Waals surface area contributed by atoms with Crippen molar-refractivity contribution in [2.75, 3.05) is 38.3 Å². The van der Waals surface area contributed by atoms with Crippen molar-refractivity contribution in [1.82, 2.24) is 5.32 Å². The van der Waals surface area contributed by atoms with Crippen LogP contribution in [0.3, 0.4) is 0 Å². The van der Waals surface area contributed by atoms with E-state index in [4.69, 9.17) is 9.47 Å². The molecule has 7 heteroatoms. The third-order valence-electron chi connectivity index (χ3n) is 5.00. The summed E-state index contributed by atoms with van der Waals surface area (Å²) in [6, 6.07) is 12.3. The Labute approximate surface area is 176 Å². The number of hydrogen-bond acceptors (Lipinski definition) is 4. The second-order valence-electron chi connectivity index (χ2n) is 6.98. The van der Waals surface area contributed by atoms with Crippen LogP contribution in [0.5, 0.6) is 11.5 Å². The summed E-state index contributed by atoms with van der Waals surface area (Å²) in [5.74, 6) is 1.01. The van der Waals surface area contributed by atoms with Crippen LogP contribution in [0, 0.1) is 0 Å². The minimum Gasteiger partial charge on any atom is -0.454 e. The van der Waals surface area contributed by atoms with Gasteiger partial charge in [-0.05, 0) is 61.9 Å². The third-order valence-corrected chi connectivity index (χ3v) is 5.00. The lowest BCUT2D eigenvalue weighted by atomic mass is 10.2. The first kappa shape index (κ1) is 21.4. The van der Waals surface area contributed by atoms with Gasteiger partial charge in [-0.15, -0.1) is 0 Å². The molecular formula is C23H28N3O4+. The van der Waals surface area contributed by atoms with E-state index in [9.17, 15) is 9.59 Å². The van der Waals surface area contributed by atoms with Gasteiger partial charge < -0.3 is 25.0 Å². The van der Waals surface area contributed by atoms with Crippen molar-refractivity contribution in [2.24, 2.45) is 0 Å². The number of benzene rings is 2. The van der Waals surface area contributed by atoms with E-state index in [0.717, 1.165) is 25.2 Å². The molecule has 158 valence electrons. The lowest BCUT2D eigenvalue weighted by Crippen LogP contribution is -3.12. The highest BCUT2D eigenvalue weighted by Crippen LogP contribution is 2.32. The van der Waals surface area contributed by atoms with E-state index in [1.807, 2.05) is 18.2 Å². The number of anilines is 1. The molecule has 0 fully saturated rings. The Morgan fingerprint density at radius 3 is 2.50 bits per heavy atom. The van der Waals surface area contributed by atoms with E-state index >= 15 is 0 Å². The number of quaternary nitrogens is 1. The van der Waals surface area contributed by atoms with Gasteiger partial charge in [-0.1, -0.05) is 6.07 Å². The molecular weight excluding hydrogens is 382 g/mol. The van der Waals surface area contributed by atoms with E-state index in [0.29, 0.717) is 29.3 Å². The summed E-state index contributed by atoms with van der Waals surface area (Å²) in [5, 5.41) is 5.72. The average Bonchev–Trinajstić information content (AvgIpc) is 3.23. The first-order valence-corrected chi connectivity index (χ1v) is 10.2. The number of carbonyl (C=O) groups is 2. The van der Waals surface area contributed by atoms with Gasteiger partial charge in [-0.3, -0.25) is 9.59 Å². The van der Waals surface area contributed by atoms with Gasteiger partial charge in [0, 0.05) is 17.3 Å². The van der Waals surface area contributed by atoms with Crippen LogP contribution < -0.4 is 25.0 Å². The number of fused-ring (bicyclic) bond motifs is 1. The lowest BCUT2D eigenvalue weighted by Gasteiger charge is -2.15. The van der Waals surface area contributed by atoms with Crippen LogP contribution in [0.4, 0.5) is 5.69 Å². The van der Waals surface area contributed by atoms with E-state index in [2.05, 4.69) is 24.5 Å². The second-order valence-corrected chi connectivity index (χ2v) is 6.98. The SMILES string of the molecule is CC[NH+](CC)CCNC(=O)c1ccc(NC(=O)/C=C/c2ccc3c(c2)OCO3)cc1. The number of rotatable bonds is 9. The first-order chi connectivity index (χ1) is 14.6. The topological polar surface area (TPSA) is 81.1 Å². The fraction of sp³-hybridized carbons (Fsp3) is 0.304. The summed E-state index contributed by atoms with van der Waals surface area (Å²) in [6.07, 6.45) is 3.16. The molecule has 0 saturated heterocycles. The van der Waals surface area contributed by atoms with Crippen molar-refractivity contribution in [1.29, 1.82) is 0 Å². The minimum absolute atomic E-state index is 0.109. The molecule has 0 unspecified atom stereocenters. The summed E-state index contributed by atoms with van der Waals surface area (Å²) >= 11 is 0. The predicted molar refractivity (Wildman–Crippen MR) is 116 cm³/mol. The van der Waals surface area contributed by atoms with Gasteiger partial charge in [0.2, 0.25) is 12.7 Å². The Morgan fingerprint density at radius 2 is 1.77 bits per heavy atom. The Balaban J connectivity index is 1.48. The summed E-state index contributed by atoms with van der Waals surface area (Å²) < 4.78 is 10.6. The number of nitrogens with one attached hydrogen (secondary N) is 3. The number of hydrogen-bond donors (Lipinski definition) is 3. The Hall–Kier alpha value is -3.32. The van der Waals surface area contributed by atoms with Crippen LogP contribution in [0.1, 0.15) is 29.8 Å². The van der Waals surface area contributed by atoms with Crippen LogP contribution in [-0.4, -0.2) is 44.8 Å². The summed E-state index contributed by atoms with van der Waals surface area (Å²) in [6.45, 7) is 8.12. The maximum Gasteiger partial charge on any atom is 0.251 e. The normalized spacial score (nSPS) is 12.4. The molecule has 30 heavy (non-hydrogen) atoms. The molecule has 7 nitrogen and oxygen atoms in total. The number of likely N-dealkylation sites (N-methyl/N-ethyl adjacent to an activating group) is 1. The van der Waals surface area contributed by atoms with Crippen molar-refractivity contribution in [3.8, 4) is 11.5 Å². The highest BCUT2D eigenvalue weighted by Gasteiger charge is 2.12. The highest BCUT2D eigenvalue weighted by molar-refractivity contribution is 6.02. The molecule has 3 N–H and O–H groups in total. The van der Waals surface area contributed by atoms with E-state index in [1.165, 1.54) is 11.0 Å². The fourth-order valence-electron chi connectivity index (χ4n) is 3.14. The molecule has 1 heterocycles. The molecule has 0 aliphatic carbocycles. The molecule has 3 rings (SSSR count). The minimum atomic E-state index is -0.257. The molecule has 0 spiro atoms. The molecule has 0 saturated carbocycles. The second kappa shape index (κ2) is 10.5. The zero-order valence-corrected chi connectivity index (χ0v) is 17.4. The standard InChI is InChI=1S/C23H27N3O4/c1-3-26(4-2)14-13-24-23(28)18-7-9-19(10-8-18)25-22(27)12-6-17-5-11-20-21(15-17)30-16-29-20/h5-12,15H,3-4,13-14,16H2,1-2H3,(H,24,28)(H,25,27)/p+1/b12-6+. The summed E-state index contributed by atoms with van der Waals surface area (Å²) in [7, 11) is 0. The van der Waals surface area contributed by atoms with Crippen LogP contribution >= 0.6 is 0 Å². The molecule has 2 aromatic rings. The molecule has 2 aromatic carbocycles. The molecule has 0 bridgehead atoms. The van der Waals surface area contributed by atoms with Crippen molar-refractivity contribution in [2.45, 2.75) is 13.8 Å². The van der Waals surface area contributed by atoms with Crippen molar-refractivity contribution in [3.63, 3.8) is 0 Å². The average molecular weight is 410 g/mol. The zero-order valence-electron chi connectivity index (χ0n) is 17.4. The molecule has 1 aliphatic heterocycles. The third kappa shape index (κ3) is 5.84. The molecule has 0 atom stereocenters. The smallest absolute Gasteiger partial charge is 0.251 e. The zero-order chi connectivity index (χ0) is 21.3. The number of amides is 2. The van der Waals surface area contributed by atoms with Crippen LogP contribution in [0.2, 0.25) is 0 Å². The van der Waals surface area contributed by atoms with Gasteiger partial charge in [-0.25, -0.2) is 0 Å². The summed E-state index contributed by atoms with van der Waals surface area (Å²) in [5.41, 5.74) is 2.03. The Kier molecular flexibility index (Phi) is 7.45. The van der Waals surface area contributed by atoms with Gasteiger partial charge in [0.05, 0.1) is 26.2 Å². The van der Waals surface area contributed by atoms with Crippen LogP contribution in [0.15, 0.2) is 48.5 Å². The molecule has 1 aliphatic rings. The van der Waals surface area contributed by atoms with Crippen LogP contribution in [0.25, 0.3) is 6.08 Å². The fourth-order valence-corrected chi connectivity index (χ4v) is 3.14. The quantitative estimate of drug-likeness (QED) is 0.550. The highest BCUT2D eigenvalue weighted by atomic mass is 16.7. The lowest BCUT2D eigenvalue weighted by molar-refractivity contribution is -0.895. The van der Waals surface area contributed by atoms with E-state index < -0.39 is 0 Å². The van der Waals surface area contributed by atoms with Crippen molar-refractivity contribution in [3.05, 3.63) is 59.7 Å². The molecule has 2 amide bonds. The van der Waals surface area contributed by atoms with Crippen molar-refractivity contribution < 1.29 is 24.0 Å². The predicted octanol–water partition coefficient (Wildman–Crippen LogP) is 1.72. The van der Waals surface area contributed by atoms with E-state index in [-0.39, 0.29) is 18.6 Å². The first-order valence-electron chi connectivity index (χ1n) is 10.2. The number of ether oxygens (including phenoxy) is 2. The number of carbonyl (C=O) groups excluding carboxylic acids is 2. The Bertz CT molecular complexity index is 905.